The number of likely N-dealkylation sites (tertiary alicyclic amines) is 1. The van der Waals surface area contributed by atoms with E-state index in [0.717, 1.165) is 19.8 Å². The summed E-state index contributed by atoms with van der Waals surface area (Å²) in [5, 5.41) is 3.91. The van der Waals surface area contributed by atoms with Gasteiger partial charge in [0.25, 0.3) is 0 Å². The fourth-order valence-electron chi connectivity index (χ4n) is 3.53. The predicted molar refractivity (Wildman–Crippen MR) is 86.3 cm³/mol. The minimum absolute atomic E-state index is 0.315. The summed E-state index contributed by atoms with van der Waals surface area (Å²) in [5.74, 6) is 0. The Bertz CT molecular complexity index is 420. The van der Waals surface area contributed by atoms with E-state index in [1.165, 1.54) is 44.3 Å². The van der Waals surface area contributed by atoms with E-state index in [9.17, 15) is 0 Å². The van der Waals surface area contributed by atoms with Crippen LogP contribution in [0, 0.1) is 0 Å². The number of hydrogen-bond donors (Lipinski definition) is 1. The Hall–Kier alpha value is -0.900. The van der Waals surface area contributed by atoms with Crippen molar-refractivity contribution in [3.8, 4) is 0 Å². The highest BCUT2D eigenvalue weighted by atomic mass is 16.5. The SMILES string of the molecule is CC1(NC2CCOCC2)CCN(Cc2ccccc2)CC1. The lowest BCUT2D eigenvalue weighted by Gasteiger charge is -2.43. The van der Waals surface area contributed by atoms with Gasteiger partial charge in [0, 0.05) is 44.4 Å². The van der Waals surface area contributed by atoms with Crippen LogP contribution in [0.25, 0.3) is 0 Å². The standard InChI is InChI=1S/C18H28N2O/c1-18(19-17-7-13-21-14-8-17)9-11-20(12-10-18)15-16-5-3-2-4-6-16/h2-6,17,19H,7-15H2,1H3. The van der Waals surface area contributed by atoms with Gasteiger partial charge < -0.3 is 10.1 Å². The number of ether oxygens (including phenoxy) is 1. The van der Waals surface area contributed by atoms with Crippen LogP contribution < -0.4 is 5.32 Å². The lowest BCUT2D eigenvalue weighted by Crippen LogP contribution is -2.55. The van der Waals surface area contributed by atoms with Crippen molar-refractivity contribution < 1.29 is 4.74 Å². The number of nitrogens with one attached hydrogen (secondary N) is 1. The third kappa shape index (κ3) is 4.29. The maximum Gasteiger partial charge on any atom is 0.0480 e. The van der Waals surface area contributed by atoms with Gasteiger partial charge in [-0.3, -0.25) is 4.90 Å². The van der Waals surface area contributed by atoms with E-state index in [4.69, 9.17) is 4.74 Å². The molecule has 2 heterocycles. The van der Waals surface area contributed by atoms with Crippen LogP contribution in [-0.2, 0) is 11.3 Å². The largest absolute Gasteiger partial charge is 0.381 e. The first-order chi connectivity index (χ1) is 10.2. The summed E-state index contributed by atoms with van der Waals surface area (Å²) >= 11 is 0. The molecule has 0 aromatic heterocycles. The quantitative estimate of drug-likeness (QED) is 0.922. The fraction of sp³-hybridized carbons (Fsp3) is 0.667. The molecule has 0 spiro atoms. The molecule has 1 aromatic carbocycles. The zero-order valence-electron chi connectivity index (χ0n) is 13.2. The van der Waals surface area contributed by atoms with Crippen LogP contribution in [0.3, 0.4) is 0 Å². The zero-order valence-corrected chi connectivity index (χ0v) is 13.2. The molecule has 3 heteroatoms. The molecule has 0 bridgehead atoms. The Kier molecular flexibility index (Phi) is 4.94. The van der Waals surface area contributed by atoms with Crippen molar-refractivity contribution in [3.63, 3.8) is 0 Å². The van der Waals surface area contributed by atoms with Crippen molar-refractivity contribution in [1.29, 1.82) is 0 Å². The molecule has 116 valence electrons. The molecule has 0 radical (unpaired) electrons. The van der Waals surface area contributed by atoms with E-state index in [0.29, 0.717) is 11.6 Å². The molecule has 1 N–H and O–H groups in total. The lowest BCUT2D eigenvalue weighted by atomic mass is 9.87. The number of hydrogen-bond acceptors (Lipinski definition) is 3. The van der Waals surface area contributed by atoms with Gasteiger partial charge in [-0.25, -0.2) is 0 Å². The Morgan fingerprint density at radius 3 is 2.48 bits per heavy atom. The molecule has 2 saturated heterocycles. The molecule has 2 fully saturated rings. The maximum atomic E-state index is 5.46. The summed E-state index contributed by atoms with van der Waals surface area (Å²) in [4.78, 5) is 2.59. The number of benzene rings is 1. The van der Waals surface area contributed by atoms with Crippen molar-refractivity contribution in [2.24, 2.45) is 0 Å². The average molecular weight is 288 g/mol. The lowest BCUT2D eigenvalue weighted by molar-refractivity contribution is 0.0572. The first kappa shape index (κ1) is 15.0. The first-order valence-corrected chi connectivity index (χ1v) is 8.35. The molecule has 3 nitrogen and oxygen atoms in total. The van der Waals surface area contributed by atoms with Crippen LogP contribution in [0.1, 0.15) is 38.2 Å². The monoisotopic (exact) mass is 288 g/mol. The molecule has 3 rings (SSSR count). The highest BCUT2D eigenvalue weighted by Gasteiger charge is 2.32. The number of rotatable bonds is 4. The summed E-state index contributed by atoms with van der Waals surface area (Å²) in [6.07, 6.45) is 4.83. The van der Waals surface area contributed by atoms with Gasteiger partial charge in [-0.1, -0.05) is 30.3 Å². The molecule has 0 amide bonds. The van der Waals surface area contributed by atoms with E-state index < -0.39 is 0 Å². The molecule has 0 saturated carbocycles. The molecular weight excluding hydrogens is 260 g/mol. The van der Waals surface area contributed by atoms with Crippen LogP contribution >= 0.6 is 0 Å². The van der Waals surface area contributed by atoms with Crippen LogP contribution in [0.4, 0.5) is 0 Å². The second kappa shape index (κ2) is 6.91. The second-order valence-corrected chi connectivity index (χ2v) is 6.85. The van der Waals surface area contributed by atoms with Gasteiger partial charge in [0.15, 0.2) is 0 Å². The zero-order chi connectivity index (χ0) is 14.5. The Labute approximate surface area is 128 Å². The van der Waals surface area contributed by atoms with Crippen LogP contribution in [-0.4, -0.2) is 42.8 Å². The minimum atomic E-state index is 0.315. The molecule has 0 atom stereocenters. The average Bonchev–Trinajstić information content (AvgIpc) is 2.52. The molecule has 0 aliphatic carbocycles. The van der Waals surface area contributed by atoms with Gasteiger partial charge in [0.05, 0.1) is 0 Å². The Balaban J connectivity index is 1.47. The van der Waals surface area contributed by atoms with Gasteiger partial charge in [-0.05, 0) is 38.2 Å². The summed E-state index contributed by atoms with van der Waals surface area (Å²) < 4.78 is 5.46. The third-order valence-electron chi connectivity index (χ3n) is 4.98. The van der Waals surface area contributed by atoms with Gasteiger partial charge in [-0.2, -0.15) is 0 Å². The van der Waals surface area contributed by atoms with E-state index in [1.54, 1.807) is 0 Å². The number of nitrogens with zero attached hydrogens (tertiary/aromatic N) is 1. The van der Waals surface area contributed by atoms with Crippen LogP contribution in [0.2, 0.25) is 0 Å². The maximum absolute atomic E-state index is 5.46. The molecule has 1 aromatic rings. The van der Waals surface area contributed by atoms with E-state index >= 15 is 0 Å². The fourth-order valence-corrected chi connectivity index (χ4v) is 3.53. The molecule has 21 heavy (non-hydrogen) atoms. The summed E-state index contributed by atoms with van der Waals surface area (Å²) in [6, 6.07) is 11.5. The van der Waals surface area contributed by atoms with Gasteiger partial charge in [-0.15, -0.1) is 0 Å². The predicted octanol–water partition coefficient (Wildman–Crippen LogP) is 2.81. The van der Waals surface area contributed by atoms with Gasteiger partial charge >= 0.3 is 0 Å². The van der Waals surface area contributed by atoms with Gasteiger partial charge in [0.2, 0.25) is 0 Å². The minimum Gasteiger partial charge on any atom is -0.381 e. The van der Waals surface area contributed by atoms with Crippen molar-refractivity contribution in [2.75, 3.05) is 26.3 Å². The van der Waals surface area contributed by atoms with Crippen molar-refractivity contribution in [3.05, 3.63) is 35.9 Å². The highest BCUT2D eigenvalue weighted by molar-refractivity contribution is 5.14. The molecule has 2 aliphatic rings. The summed E-state index contributed by atoms with van der Waals surface area (Å²) in [6.45, 7) is 7.74. The summed E-state index contributed by atoms with van der Waals surface area (Å²) in [5.41, 5.74) is 1.74. The van der Waals surface area contributed by atoms with E-state index in [1.807, 2.05) is 0 Å². The highest BCUT2D eigenvalue weighted by Crippen LogP contribution is 2.25. The number of piperidine rings is 1. The third-order valence-corrected chi connectivity index (χ3v) is 4.98. The van der Waals surface area contributed by atoms with E-state index in [-0.39, 0.29) is 0 Å². The van der Waals surface area contributed by atoms with Crippen LogP contribution in [0.15, 0.2) is 30.3 Å². The smallest absolute Gasteiger partial charge is 0.0480 e. The molecule has 0 unspecified atom stereocenters. The first-order valence-electron chi connectivity index (χ1n) is 8.35. The molecular formula is C18H28N2O. The van der Waals surface area contributed by atoms with Crippen molar-refractivity contribution in [1.82, 2.24) is 10.2 Å². The Morgan fingerprint density at radius 2 is 1.81 bits per heavy atom. The second-order valence-electron chi connectivity index (χ2n) is 6.85. The van der Waals surface area contributed by atoms with Gasteiger partial charge in [0.1, 0.15) is 0 Å². The normalized spacial score (nSPS) is 24.0. The van der Waals surface area contributed by atoms with Crippen molar-refractivity contribution >= 4 is 0 Å². The van der Waals surface area contributed by atoms with Crippen LogP contribution in [0.5, 0.6) is 0 Å². The topological polar surface area (TPSA) is 24.5 Å². The molecule has 2 aliphatic heterocycles. The summed E-state index contributed by atoms with van der Waals surface area (Å²) in [7, 11) is 0. The Morgan fingerprint density at radius 1 is 1.14 bits per heavy atom. The van der Waals surface area contributed by atoms with Crippen molar-refractivity contribution in [2.45, 2.75) is 50.7 Å². The van der Waals surface area contributed by atoms with E-state index in [2.05, 4.69) is 47.5 Å².